The van der Waals surface area contributed by atoms with Gasteiger partial charge in [-0.2, -0.15) is 0 Å². The first-order valence-electron chi connectivity index (χ1n) is 7.07. The molecule has 1 aliphatic rings. The van der Waals surface area contributed by atoms with Gasteiger partial charge < -0.3 is 14.6 Å². The maximum absolute atomic E-state index is 11.1. The summed E-state index contributed by atoms with van der Waals surface area (Å²) in [7, 11) is 2.18. The predicted octanol–water partition coefficient (Wildman–Crippen LogP) is 2.54. The van der Waals surface area contributed by atoms with Gasteiger partial charge in [-0.05, 0) is 65.2 Å². The van der Waals surface area contributed by atoms with Crippen molar-refractivity contribution in [1.29, 1.82) is 0 Å². The first-order chi connectivity index (χ1) is 8.99. The van der Waals surface area contributed by atoms with E-state index in [1.54, 1.807) is 6.07 Å². The number of aryl methyl sites for hydroxylation is 1. The van der Waals surface area contributed by atoms with E-state index < -0.39 is 5.97 Å². The van der Waals surface area contributed by atoms with Gasteiger partial charge in [0.1, 0.15) is 0 Å². The summed E-state index contributed by atoms with van der Waals surface area (Å²) in [6, 6.07) is 1.78. The Morgan fingerprint density at radius 1 is 1.37 bits per heavy atom. The van der Waals surface area contributed by atoms with Crippen LogP contribution in [0, 0.1) is 19.8 Å². The molecule has 4 heteroatoms. The van der Waals surface area contributed by atoms with Crippen molar-refractivity contribution in [2.24, 2.45) is 5.92 Å². The molecule has 1 saturated heterocycles. The lowest BCUT2D eigenvalue weighted by Gasteiger charge is -2.29. The van der Waals surface area contributed by atoms with Crippen molar-refractivity contribution in [3.8, 4) is 0 Å². The molecule has 2 heterocycles. The highest BCUT2D eigenvalue weighted by Crippen LogP contribution is 2.22. The molecule has 1 fully saturated rings. The Bertz CT molecular complexity index is 457. The summed E-state index contributed by atoms with van der Waals surface area (Å²) in [4.78, 5) is 13.5. The van der Waals surface area contributed by atoms with Crippen molar-refractivity contribution in [2.75, 3.05) is 20.1 Å². The molecule has 4 nitrogen and oxygen atoms in total. The first kappa shape index (κ1) is 14.1. The Hall–Kier alpha value is -1.29. The summed E-state index contributed by atoms with van der Waals surface area (Å²) < 4.78 is 2.15. The minimum absolute atomic E-state index is 0.445. The Kier molecular flexibility index (Phi) is 4.30. The molecule has 0 aromatic carbocycles. The molecule has 0 spiro atoms. The molecular formula is C15H24N2O2. The van der Waals surface area contributed by atoms with E-state index in [1.807, 2.05) is 13.8 Å². The first-order valence-corrected chi connectivity index (χ1v) is 7.07. The zero-order valence-corrected chi connectivity index (χ0v) is 12.1. The van der Waals surface area contributed by atoms with Gasteiger partial charge in [0.25, 0.3) is 0 Å². The van der Waals surface area contributed by atoms with Gasteiger partial charge in [-0.15, -0.1) is 0 Å². The van der Waals surface area contributed by atoms with Gasteiger partial charge in [-0.3, -0.25) is 0 Å². The molecule has 19 heavy (non-hydrogen) atoms. The number of aromatic nitrogens is 1. The van der Waals surface area contributed by atoms with Crippen molar-refractivity contribution in [1.82, 2.24) is 9.47 Å². The number of carbonyl (C=O) groups is 1. The van der Waals surface area contributed by atoms with Gasteiger partial charge in [0, 0.05) is 17.9 Å². The Morgan fingerprint density at radius 3 is 2.53 bits per heavy atom. The highest BCUT2D eigenvalue weighted by atomic mass is 16.4. The monoisotopic (exact) mass is 264 g/mol. The lowest BCUT2D eigenvalue weighted by atomic mass is 9.94. The van der Waals surface area contributed by atoms with E-state index in [-0.39, 0.29) is 0 Å². The zero-order chi connectivity index (χ0) is 14.0. The van der Waals surface area contributed by atoms with Crippen LogP contribution in [0.15, 0.2) is 6.07 Å². The lowest BCUT2D eigenvalue weighted by Crippen LogP contribution is -2.30. The number of carboxylic acid groups (broad SMARTS) is 1. The molecule has 0 atom stereocenters. The minimum Gasteiger partial charge on any atom is -0.478 e. The molecule has 0 bridgehead atoms. The van der Waals surface area contributed by atoms with Gasteiger partial charge in [0.15, 0.2) is 0 Å². The van der Waals surface area contributed by atoms with Crippen LogP contribution in [-0.4, -0.2) is 40.7 Å². The molecule has 0 aliphatic carbocycles. The van der Waals surface area contributed by atoms with Gasteiger partial charge in [0.2, 0.25) is 0 Å². The SMILES string of the molecule is Cc1cc(C(=O)O)c(C)n1CCC1CCN(C)CC1. The second-order valence-corrected chi connectivity index (χ2v) is 5.78. The molecule has 1 N–H and O–H groups in total. The van der Waals surface area contributed by atoms with E-state index in [0.717, 1.165) is 30.3 Å². The summed E-state index contributed by atoms with van der Waals surface area (Å²) in [5.74, 6) is -0.0377. The van der Waals surface area contributed by atoms with E-state index in [2.05, 4.69) is 16.5 Å². The number of hydrogen-bond acceptors (Lipinski definition) is 2. The molecule has 0 saturated carbocycles. The number of nitrogens with zero attached hydrogens (tertiary/aromatic N) is 2. The van der Waals surface area contributed by atoms with Crippen molar-refractivity contribution in [3.05, 3.63) is 23.0 Å². The quantitative estimate of drug-likeness (QED) is 0.909. The summed E-state index contributed by atoms with van der Waals surface area (Å²) in [5.41, 5.74) is 2.39. The van der Waals surface area contributed by atoms with Crippen LogP contribution in [0.4, 0.5) is 0 Å². The van der Waals surface area contributed by atoms with Crippen molar-refractivity contribution in [3.63, 3.8) is 0 Å². The van der Waals surface area contributed by atoms with Crippen molar-refractivity contribution < 1.29 is 9.90 Å². The number of hydrogen-bond donors (Lipinski definition) is 1. The summed E-state index contributed by atoms with van der Waals surface area (Å²) in [6.45, 7) is 7.22. The molecule has 0 unspecified atom stereocenters. The molecular weight excluding hydrogens is 240 g/mol. The van der Waals surface area contributed by atoms with E-state index >= 15 is 0 Å². The molecule has 0 radical (unpaired) electrons. The second-order valence-electron chi connectivity index (χ2n) is 5.78. The maximum atomic E-state index is 11.1. The highest BCUT2D eigenvalue weighted by molar-refractivity contribution is 5.89. The van der Waals surface area contributed by atoms with Crippen LogP contribution < -0.4 is 0 Å². The number of aromatic carboxylic acids is 1. The molecule has 1 aliphatic heterocycles. The van der Waals surface area contributed by atoms with Crippen LogP contribution in [0.1, 0.15) is 41.0 Å². The summed E-state index contributed by atoms with van der Waals surface area (Å²) >= 11 is 0. The summed E-state index contributed by atoms with van der Waals surface area (Å²) in [5, 5.41) is 9.13. The summed E-state index contributed by atoms with van der Waals surface area (Å²) in [6.07, 6.45) is 3.69. The Labute approximate surface area is 115 Å². The maximum Gasteiger partial charge on any atom is 0.337 e. The number of piperidine rings is 1. The highest BCUT2D eigenvalue weighted by Gasteiger charge is 2.18. The average Bonchev–Trinajstić information content (AvgIpc) is 2.65. The molecule has 106 valence electrons. The largest absolute Gasteiger partial charge is 0.478 e. The van der Waals surface area contributed by atoms with Crippen LogP contribution in [0.2, 0.25) is 0 Å². The van der Waals surface area contributed by atoms with Crippen LogP contribution in [0.5, 0.6) is 0 Å². The fraction of sp³-hybridized carbons (Fsp3) is 0.667. The lowest BCUT2D eigenvalue weighted by molar-refractivity contribution is 0.0696. The van der Waals surface area contributed by atoms with Gasteiger partial charge in [-0.1, -0.05) is 0 Å². The Balaban J connectivity index is 1.98. The molecule has 1 aromatic rings. The van der Waals surface area contributed by atoms with Crippen LogP contribution in [0.25, 0.3) is 0 Å². The minimum atomic E-state index is -0.821. The fourth-order valence-electron chi connectivity index (χ4n) is 3.02. The predicted molar refractivity (Wildman–Crippen MR) is 75.7 cm³/mol. The zero-order valence-electron chi connectivity index (χ0n) is 12.1. The van der Waals surface area contributed by atoms with E-state index in [0.29, 0.717) is 5.56 Å². The Morgan fingerprint density at radius 2 is 2.00 bits per heavy atom. The topological polar surface area (TPSA) is 45.5 Å². The van der Waals surface area contributed by atoms with E-state index in [1.165, 1.54) is 25.9 Å². The van der Waals surface area contributed by atoms with E-state index in [4.69, 9.17) is 5.11 Å². The van der Waals surface area contributed by atoms with Crippen molar-refractivity contribution >= 4 is 5.97 Å². The fourth-order valence-corrected chi connectivity index (χ4v) is 3.02. The van der Waals surface area contributed by atoms with Crippen LogP contribution in [-0.2, 0) is 6.54 Å². The third-order valence-electron chi connectivity index (χ3n) is 4.40. The number of carboxylic acids is 1. The number of likely N-dealkylation sites (tertiary alicyclic amines) is 1. The molecule has 0 amide bonds. The van der Waals surface area contributed by atoms with Gasteiger partial charge >= 0.3 is 5.97 Å². The standard InChI is InChI=1S/C15H24N2O2/c1-11-10-14(15(18)19)12(2)17(11)9-6-13-4-7-16(3)8-5-13/h10,13H,4-9H2,1-3H3,(H,18,19). The third kappa shape index (κ3) is 3.18. The van der Waals surface area contributed by atoms with Gasteiger partial charge in [-0.25, -0.2) is 4.79 Å². The van der Waals surface area contributed by atoms with Crippen molar-refractivity contribution in [2.45, 2.75) is 39.7 Å². The molecule has 2 rings (SSSR count). The van der Waals surface area contributed by atoms with Crippen LogP contribution in [0.3, 0.4) is 0 Å². The van der Waals surface area contributed by atoms with E-state index in [9.17, 15) is 4.79 Å². The van der Waals surface area contributed by atoms with Gasteiger partial charge in [0.05, 0.1) is 5.56 Å². The van der Waals surface area contributed by atoms with Crippen LogP contribution >= 0.6 is 0 Å². The second kappa shape index (κ2) is 5.78. The third-order valence-corrected chi connectivity index (χ3v) is 4.40. The normalized spacial score (nSPS) is 17.8. The average molecular weight is 264 g/mol. The number of rotatable bonds is 4. The smallest absolute Gasteiger partial charge is 0.337 e. The molecule has 1 aromatic heterocycles.